The third-order valence-electron chi connectivity index (χ3n) is 5.02. The van der Waals surface area contributed by atoms with Gasteiger partial charge >= 0.3 is 0 Å². The molecule has 0 spiro atoms. The molecule has 3 heterocycles. The maximum absolute atomic E-state index is 12.5. The Hall–Kier alpha value is -2.14. The molecule has 2 aliphatic rings. The number of aryl methyl sites for hydroxylation is 1. The van der Waals surface area contributed by atoms with Crippen molar-refractivity contribution in [1.29, 1.82) is 0 Å². The van der Waals surface area contributed by atoms with E-state index in [1.54, 1.807) is 12.5 Å². The fraction of sp³-hybridized carbons (Fsp3) is 0.444. The van der Waals surface area contributed by atoms with Gasteiger partial charge < -0.3 is 9.47 Å². The van der Waals surface area contributed by atoms with Gasteiger partial charge in [-0.2, -0.15) is 0 Å². The molecular weight excluding hydrogens is 288 g/mol. The van der Waals surface area contributed by atoms with E-state index >= 15 is 0 Å². The maximum atomic E-state index is 12.5. The molecule has 1 aromatic heterocycles. The number of carbonyl (C=O) groups is 1. The number of imidazole rings is 1. The molecule has 0 unspecified atom stereocenters. The first-order valence-corrected chi connectivity index (χ1v) is 8.22. The van der Waals surface area contributed by atoms with E-state index in [1.165, 1.54) is 5.56 Å². The smallest absolute Gasteiger partial charge is 0.274 e. The molecule has 5 nitrogen and oxygen atoms in total. The summed E-state index contributed by atoms with van der Waals surface area (Å²) in [5.41, 5.74) is 1.93. The molecule has 0 radical (unpaired) electrons. The molecule has 0 bridgehead atoms. The van der Waals surface area contributed by atoms with Gasteiger partial charge in [0.2, 0.25) is 0 Å². The van der Waals surface area contributed by atoms with Crippen LogP contribution in [0.15, 0.2) is 42.9 Å². The van der Waals surface area contributed by atoms with Gasteiger partial charge in [-0.15, -0.1) is 0 Å². The average Bonchev–Trinajstić information content (AvgIpc) is 3.22. The van der Waals surface area contributed by atoms with E-state index in [1.807, 2.05) is 16.5 Å². The van der Waals surface area contributed by atoms with E-state index in [0.29, 0.717) is 17.5 Å². The van der Waals surface area contributed by atoms with Crippen LogP contribution in [-0.2, 0) is 13.6 Å². The zero-order valence-electron chi connectivity index (χ0n) is 13.4. The van der Waals surface area contributed by atoms with Crippen LogP contribution in [0.2, 0.25) is 0 Å². The van der Waals surface area contributed by atoms with Gasteiger partial charge in [0.15, 0.2) is 0 Å². The predicted molar refractivity (Wildman–Crippen MR) is 87.8 cm³/mol. The van der Waals surface area contributed by atoms with Crippen LogP contribution in [0.25, 0.3) is 0 Å². The Morgan fingerprint density at radius 1 is 1.13 bits per heavy atom. The van der Waals surface area contributed by atoms with E-state index in [2.05, 4.69) is 40.2 Å². The summed E-state index contributed by atoms with van der Waals surface area (Å²) in [6.07, 6.45) is 3.49. The van der Waals surface area contributed by atoms with Gasteiger partial charge in [0.05, 0.1) is 6.33 Å². The fourth-order valence-corrected chi connectivity index (χ4v) is 3.91. The Morgan fingerprint density at radius 2 is 1.83 bits per heavy atom. The molecular formula is C18H22N4O. The van der Waals surface area contributed by atoms with Gasteiger partial charge in [0, 0.05) is 46.0 Å². The van der Waals surface area contributed by atoms with Crippen molar-refractivity contribution < 1.29 is 4.79 Å². The van der Waals surface area contributed by atoms with Crippen molar-refractivity contribution in [3.63, 3.8) is 0 Å². The monoisotopic (exact) mass is 310 g/mol. The number of hydrogen-bond acceptors (Lipinski definition) is 3. The van der Waals surface area contributed by atoms with Gasteiger partial charge in [-0.1, -0.05) is 30.3 Å². The lowest BCUT2D eigenvalue weighted by Crippen LogP contribution is -2.33. The van der Waals surface area contributed by atoms with Gasteiger partial charge in [-0.25, -0.2) is 4.98 Å². The third-order valence-corrected chi connectivity index (χ3v) is 5.02. The highest BCUT2D eigenvalue weighted by molar-refractivity contribution is 5.92. The second kappa shape index (κ2) is 5.81. The van der Waals surface area contributed by atoms with Gasteiger partial charge in [0.1, 0.15) is 5.69 Å². The number of aromatic nitrogens is 2. The van der Waals surface area contributed by atoms with Crippen LogP contribution in [0.1, 0.15) is 16.1 Å². The van der Waals surface area contributed by atoms with Crippen LogP contribution in [0.3, 0.4) is 0 Å². The lowest BCUT2D eigenvalue weighted by molar-refractivity contribution is 0.0768. The molecule has 5 heteroatoms. The van der Waals surface area contributed by atoms with Crippen molar-refractivity contribution in [2.24, 2.45) is 18.9 Å². The minimum absolute atomic E-state index is 0.0783. The Bertz CT molecular complexity index is 682. The molecule has 2 saturated heterocycles. The van der Waals surface area contributed by atoms with Crippen LogP contribution in [0, 0.1) is 11.8 Å². The summed E-state index contributed by atoms with van der Waals surface area (Å²) in [6, 6.07) is 10.6. The molecule has 23 heavy (non-hydrogen) atoms. The summed E-state index contributed by atoms with van der Waals surface area (Å²) in [5, 5.41) is 0. The van der Waals surface area contributed by atoms with Crippen LogP contribution >= 0.6 is 0 Å². The highest BCUT2D eigenvalue weighted by Gasteiger charge is 2.41. The van der Waals surface area contributed by atoms with E-state index in [9.17, 15) is 4.79 Å². The highest BCUT2D eigenvalue weighted by atomic mass is 16.2. The number of nitrogens with zero attached hydrogens (tertiary/aromatic N) is 4. The summed E-state index contributed by atoms with van der Waals surface area (Å²) in [4.78, 5) is 21.2. The molecule has 1 amide bonds. The number of carbonyl (C=O) groups excluding carboxylic acids is 1. The van der Waals surface area contributed by atoms with Crippen molar-refractivity contribution >= 4 is 5.91 Å². The minimum atomic E-state index is 0.0783. The van der Waals surface area contributed by atoms with Crippen LogP contribution in [-0.4, -0.2) is 51.4 Å². The molecule has 4 rings (SSSR count). The standard InChI is InChI=1S/C18H22N4O/c1-20-12-17(19-13-20)18(23)22-10-15-8-21(9-16(15)11-22)7-14-5-3-2-4-6-14/h2-6,12-13,15-16H,7-11H2,1H3/t15-,16+. The second-order valence-electron chi connectivity index (χ2n) is 6.83. The lowest BCUT2D eigenvalue weighted by atomic mass is 10.0. The van der Waals surface area contributed by atoms with Crippen molar-refractivity contribution in [2.45, 2.75) is 6.54 Å². The molecule has 0 aliphatic carbocycles. The summed E-state index contributed by atoms with van der Waals surface area (Å²) in [5.74, 6) is 1.28. The number of hydrogen-bond donors (Lipinski definition) is 0. The van der Waals surface area contributed by atoms with E-state index in [0.717, 1.165) is 32.7 Å². The summed E-state index contributed by atoms with van der Waals surface area (Å²) in [6.45, 7) is 4.93. The molecule has 0 saturated carbocycles. The molecule has 1 aromatic carbocycles. The lowest BCUT2D eigenvalue weighted by Gasteiger charge is -2.21. The van der Waals surface area contributed by atoms with Crippen molar-refractivity contribution in [3.8, 4) is 0 Å². The van der Waals surface area contributed by atoms with Gasteiger partial charge in [-0.05, 0) is 17.4 Å². The van der Waals surface area contributed by atoms with Crippen LogP contribution < -0.4 is 0 Å². The molecule has 2 aliphatic heterocycles. The van der Waals surface area contributed by atoms with E-state index in [4.69, 9.17) is 0 Å². The van der Waals surface area contributed by atoms with Gasteiger partial charge in [0.25, 0.3) is 5.91 Å². The fourth-order valence-electron chi connectivity index (χ4n) is 3.91. The minimum Gasteiger partial charge on any atom is -0.340 e. The van der Waals surface area contributed by atoms with E-state index < -0.39 is 0 Å². The van der Waals surface area contributed by atoms with Crippen molar-refractivity contribution in [3.05, 3.63) is 54.1 Å². The summed E-state index contributed by atoms with van der Waals surface area (Å²) in [7, 11) is 1.89. The zero-order chi connectivity index (χ0) is 15.8. The first kappa shape index (κ1) is 14.5. The Balaban J connectivity index is 1.36. The summed E-state index contributed by atoms with van der Waals surface area (Å²) < 4.78 is 1.83. The second-order valence-corrected chi connectivity index (χ2v) is 6.83. The predicted octanol–water partition coefficient (Wildman–Crippen LogP) is 1.62. The zero-order valence-corrected chi connectivity index (χ0v) is 13.4. The summed E-state index contributed by atoms with van der Waals surface area (Å²) >= 11 is 0. The molecule has 2 atom stereocenters. The largest absolute Gasteiger partial charge is 0.340 e. The quantitative estimate of drug-likeness (QED) is 0.865. The van der Waals surface area contributed by atoms with Crippen LogP contribution in [0.4, 0.5) is 0 Å². The Morgan fingerprint density at radius 3 is 2.43 bits per heavy atom. The molecule has 2 fully saturated rings. The topological polar surface area (TPSA) is 41.4 Å². The molecule has 120 valence electrons. The van der Waals surface area contributed by atoms with Crippen LogP contribution in [0.5, 0.6) is 0 Å². The number of likely N-dealkylation sites (tertiary alicyclic amines) is 2. The molecule has 0 N–H and O–H groups in total. The van der Waals surface area contributed by atoms with E-state index in [-0.39, 0.29) is 5.91 Å². The SMILES string of the molecule is Cn1cnc(C(=O)N2C[C@H]3CN(Cc4ccccc4)C[C@H]3C2)c1. The highest BCUT2D eigenvalue weighted by Crippen LogP contribution is 2.32. The normalized spacial score (nSPS) is 24.1. The number of rotatable bonds is 3. The number of fused-ring (bicyclic) bond motifs is 1. The Kier molecular flexibility index (Phi) is 3.65. The first-order chi connectivity index (χ1) is 11.2. The van der Waals surface area contributed by atoms with Crippen molar-refractivity contribution in [1.82, 2.24) is 19.4 Å². The maximum Gasteiger partial charge on any atom is 0.274 e. The first-order valence-electron chi connectivity index (χ1n) is 8.22. The third kappa shape index (κ3) is 2.88. The van der Waals surface area contributed by atoms with Crippen molar-refractivity contribution in [2.75, 3.05) is 26.2 Å². The Labute approximate surface area is 136 Å². The number of amides is 1. The van der Waals surface area contributed by atoms with Gasteiger partial charge in [-0.3, -0.25) is 9.69 Å². The molecule has 2 aromatic rings. The average molecular weight is 310 g/mol. The number of benzene rings is 1.